The van der Waals surface area contributed by atoms with Crippen molar-refractivity contribution in [1.29, 1.82) is 0 Å². The van der Waals surface area contributed by atoms with Crippen LogP contribution in [0.5, 0.6) is 0 Å². The van der Waals surface area contributed by atoms with Crippen LogP contribution in [-0.4, -0.2) is 131 Å². The number of rotatable bonds is 30. The van der Waals surface area contributed by atoms with E-state index in [4.69, 9.17) is 10.5 Å². The second-order valence-corrected chi connectivity index (χ2v) is 13.2. The van der Waals surface area contributed by atoms with Crippen molar-refractivity contribution in [2.24, 2.45) is 0 Å². The molecule has 10 N–H and O–H groups in total. The minimum absolute atomic E-state index is 0.206. The highest BCUT2D eigenvalue weighted by molar-refractivity contribution is 7.98. The molecule has 0 saturated heterocycles. The highest BCUT2D eigenvalue weighted by atomic mass is 32.2. The molecule has 0 aromatic carbocycles. The number of nitrogens with one attached hydrogen (secondary N) is 6. The van der Waals surface area contributed by atoms with E-state index in [0.717, 1.165) is 19.3 Å². The maximum absolute atomic E-state index is 12.8. The Hall–Kier alpha value is -3.56. The summed E-state index contributed by atoms with van der Waals surface area (Å²) >= 11 is 2.90. The van der Waals surface area contributed by atoms with Crippen LogP contribution in [0.2, 0.25) is 0 Å². The fraction of sp³-hybridized carbons (Fsp3) is 0.677. The van der Waals surface area contributed by atoms with Gasteiger partial charge in [-0.2, -0.15) is 23.5 Å². The first-order chi connectivity index (χ1) is 24.4. The largest absolute Gasteiger partial charge is 0.394 e. The lowest BCUT2D eigenvalue weighted by Gasteiger charge is -2.22. The van der Waals surface area contributed by atoms with Crippen LogP contribution in [0.3, 0.4) is 0 Å². The second kappa shape index (κ2) is 29.1. The van der Waals surface area contributed by atoms with Gasteiger partial charge in [-0.3, -0.25) is 28.8 Å². The van der Waals surface area contributed by atoms with Crippen molar-refractivity contribution < 1.29 is 59.3 Å². The molecule has 0 aromatic rings. The zero-order valence-corrected chi connectivity index (χ0v) is 30.8. The van der Waals surface area contributed by atoms with E-state index in [1.54, 1.807) is 0 Å². The van der Waals surface area contributed by atoms with Gasteiger partial charge in [0.2, 0.25) is 35.4 Å². The highest BCUT2D eigenvalue weighted by Gasteiger charge is 2.28. The number of aliphatic hydroxyl groups excluding tert-OH is 2. The van der Waals surface area contributed by atoms with Crippen LogP contribution in [0, 0.1) is 0 Å². The van der Waals surface area contributed by atoms with E-state index in [0.29, 0.717) is 24.3 Å². The van der Waals surface area contributed by atoms with Gasteiger partial charge >= 0.3 is 0 Å². The Kier molecular flexibility index (Phi) is 27.0. The monoisotopic (exact) mass is 766 g/mol. The molecule has 4 atom stereocenters. The van der Waals surface area contributed by atoms with Crippen molar-refractivity contribution in [1.82, 2.24) is 31.9 Å². The van der Waals surface area contributed by atoms with Gasteiger partial charge in [0, 0.05) is 13.1 Å². The van der Waals surface area contributed by atoms with Gasteiger partial charge in [0.15, 0.2) is 0 Å². The fourth-order valence-electron chi connectivity index (χ4n) is 4.31. The molecule has 20 heteroatoms. The van der Waals surface area contributed by atoms with Crippen LogP contribution in [0.1, 0.15) is 57.8 Å². The minimum atomic E-state index is -1.23. The summed E-state index contributed by atoms with van der Waals surface area (Å²) in [5.41, 5.74) is 0. The molecule has 0 heterocycles. The first kappa shape index (κ1) is 47.4. The van der Waals surface area contributed by atoms with E-state index in [1.807, 2.05) is 12.5 Å². The minimum Gasteiger partial charge on any atom is -0.394 e. The predicted octanol–water partition coefficient (Wildman–Crippen LogP) is -0.614. The summed E-state index contributed by atoms with van der Waals surface area (Å²) in [5.74, 6) is -3.06. The molecule has 0 aliphatic heterocycles. The van der Waals surface area contributed by atoms with E-state index in [1.165, 1.54) is 23.5 Å². The third-order valence-electron chi connectivity index (χ3n) is 7.08. The summed E-state index contributed by atoms with van der Waals surface area (Å²) in [7, 11) is 0. The molecular weight excluding hydrogens is 713 g/mol. The molecule has 0 aromatic heterocycles. The zero-order chi connectivity index (χ0) is 38.6. The third-order valence-corrected chi connectivity index (χ3v) is 8.37. The lowest BCUT2D eigenvalue weighted by atomic mass is 10.1. The lowest BCUT2D eigenvalue weighted by molar-refractivity contribution is -0.205. The number of unbranched alkanes of at least 4 members (excludes halogenated alkanes) is 4. The fourth-order valence-corrected chi connectivity index (χ4v) is 5.25. The normalized spacial score (nSPS) is 13.0. The molecule has 292 valence electrons. The second-order valence-electron chi connectivity index (χ2n) is 11.3. The molecule has 0 aliphatic carbocycles. The van der Waals surface area contributed by atoms with Crippen molar-refractivity contribution >= 4 is 59.0 Å². The lowest BCUT2D eigenvalue weighted by Crippen LogP contribution is -2.55. The molecule has 0 radical (unpaired) electrons. The number of amides is 6. The van der Waals surface area contributed by atoms with Gasteiger partial charge in [-0.15, -0.1) is 0 Å². The molecule has 0 fully saturated rings. The number of thioether (sulfide) groups is 2. The van der Waals surface area contributed by atoms with Crippen molar-refractivity contribution in [3.63, 3.8) is 0 Å². The maximum Gasteiger partial charge on any atom is 0.244 e. The van der Waals surface area contributed by atoms with Gasteiger partial charge in [-0.25, -0.2) is 10.5 Å². The number of carbonyl (C=O) groups excluding carboxylic acids is 6. The molecular formula is C31H54N6O12S2. The number of hydrogen-bond acceptors (Lipinski definition) is 14. The average molecular weight is 767 g/mol. The molecule has 0 bridgehead atoms. The van der Waals surface area contributed by atoms with Gasteiger partial charge in [-0.1, -0.05) is 32.4 Å². The number of aliphatic hydroxyl groups is 2. The molecule has 6 amide bonds. The maximum atomic E-state index is 12.8. The van der Waals surface area contributed by atoms with Gasteiger partial charge in [-0.05, 0) is 49.7 Å². The Morgan fingerprint density at radius 3 is 1.24 bits per heavy atom. The smallest absolute Gasteiger partial charge is 0.244 e. The van der Waals surface area contributed by atoms with Crippen LogP contribution in [0.25, 0.3) is 0 Å². The first-order valence-electron chi connectivity index (χ1n) is 16.3. The molecule has 0 rings (SSSR count). The van der Waals surface area contributed by atoms with Crippen LogP contribution >= 0.6 is 23.5 Å². The Bertz CT molecular complexity index is 1050. The molecule has 18 nitrogen and oxygen atoms in total. The summed E-state index contributed by atoms with van der Waals surface area (Å²) < 4.78 is 0. The van der Waals surface area contributed by atoms with E-state index < -0.39 is 72.8 Å². The Labute approximate surface area is 306 Å². The quantitative estimate of drug-likeness (QED) is 0.0189. The van der Waals surface area contributed by atoms with Crippen molar-refractivity contribution in [2.75, 3.05) is 50.3 Å². The first-order valence-corrected chi connectivity index (χ1v) is 19.1. The van der Waals surface area contributed by atoms with Crippen molar-refractivity contribution in [2.45, 2.75) is 82.0 Å². The summed E-state index contributed by atoms with van der Waals surface area (Å²) in [6.45, 7) is 5.95. The van der Waals surface area contributed by atoms with Crippen molar-refractivity contribution in [3.05, 3.63) is 24.7 Å². The van der Waals surface area contributed by atoms with E-state index in [-0.39, 0.29) is 50.3 Å². The Morgan fingerprint density at radius 1 is 0.569 bits per heavy atom. The molecule has 0 spiro atoms. The van der Waals surface area contributed by atoms with Crippen LogP contribution < -0.4 is 31.9 Å². The number of carbonyl (C=O) groups is 6. The standard InChI is InChI=1S/C31H54N6O12S2/c1-20(48-46)16-26(40)34-22(10-14-50-3)30(44)36-24(18-38)28(42)32-12-8-6-5-7-9-13-33-29(43)25(19-39)37-31(45)23(11-15-51-4)35-27(41)17-21(2)49-47/h22-25,38-39,46-47H,1-2,5-19H2,3-4H3,(H,32,42)(H,33,43)(H,34,40)(H,35,41)(H,36,44)(H,37,45)/t22-,23-,24?,25?/m0/s1. The SMILES string of the molecule is C=C(CC(=O)N[C@@H](CCSC)C(=O)NC(CO)C(=O)NCCCCCCCNC(=O)C(CO)NC(=O)[C@H](CCSC)NC(=O)CC(=C)OO)OO. The van der Waals surface area contributed by atoms with Crippen LogP contribution in [0.4, 0.5) is 0 Å². The molecule has 0 aliphatic rings. The van der Waals surface area contributed by atoms with Crippen LogP contribution in [-0.2, 0) is 38.5 Å². The zero-order valence-electron chi connectivity index (χ0n) is 29.2. The van der Waals surface area contributed by atoms with E-state index in [9.17, 15) is 39.0 Å². The average Bonchev–Trinajstić information content (AvgIpc) is 3.11. The molecule has 51 heavy (non-hydrogen) atoms. The van der Waals surface area contributed by atoms with Gasteiger partial charge in [0.25, 0.3) is 0 Å². The molecule has 0 saturated carbocycles. The predicted molar refractivity (Wildman–Crippen MR) is 192 cm³/mol. The summed E-state index contributed by atoms with van der Waals surface area (Å²) in [4.78, 5) is 82.8. The van der Waals surface area contributed by atoms with E-state index >= 15 is 0 Å². The highest BCUT2D eigenvalue weighted by Crippen LogP contribution is 2.07. The Balaban J connectivity index is 4.55. The summed E-state index contributed by atoms with van der Waals surface area (Å²) in [5, 5.41) is 51.8. The Morgan fingerprint density at radius 2 is 0.922 bits per heavy atom. The molecule has 2 unspecified atom stereocenters. The van der Waals surface area contributed by atoms with Gasteiger partial charge < -0.3 is 51.9 Å². The van der Waals surface area contributed by atoms with Gasteiger partial charge in [0.1, 0.15) is 35.7 Å². The topological polar surface area (TPSA) is 274 Å². The van der Waals surface area contributed by atoms with E-state index in [2.05, 4.69) is 54.8 Å². The third kappa shape index (κ3) is 22.1. The van der Waals surface area contributed by atoms with Gasteiger partial charge in [0.05, 0.1) is 26.1 Å². The summed E-state index contributed by atoms with van der Waals surface area (Å²) in [6, 6.07) is -4.44. The van der Waals surface area contributed by atoms with Crippen molar-refractivity contribution in [3.8, 4) is 0 Å². The van der Waals surface area contributed by atoms with Crippen LogP contribution in [0.15, 0.2) is 24.7 Å². The summed E-state index contributed by atoms with van der Waals surface area (Å²) in [6.07, 6.45) is 6.92. The number of hydrogen-bond donors (Lipinski definition) is 10.